The van der Waals surface area contributed by atoms with Crippen LogP contribution in [0, 0.1) is 11.6 Å². The molecule has 0 bridgehead atoms. The van der Waals surface area contributed by atoms with Gasteiger partial charge in [-0.05, 0) is 29.7 Å². The lowest BCUT2D eigenvalue weighted by Gasteiger charge is -2.18. The highest BCUT2D eigenvalue weighted by molar-refractivity contribution is 5.86. The van der Waals surface area contributed by atoms with Crippen LogP contribution < -0.4 is 5.32 Å². The molecule has 0 fully saturated rings. The topological polar surface area (TPSA) is 54.1 Å². The maximum Gasteiger partial charge on any atom is 0.220 e. The summed E-state index contributed by atoms with van der Waals surface area (Å²) < 4.78 is 32.8. The summed E-state index contributed by atoms with van der Waals surface area (Å²) in [6.45, 7) is 1.04. The van der Waals surface area contributed by atoms with Crippen LogP contribution in [-0.2, 0) is 9.53 Å². The normalized spacial score (nSPS) is 12.3. The van der Waals surface area contributed by atoms with Crippen molar-refractivity contribution in [2.45, 2.75) is 18.8 Å². The number of aromatic amines is 1. The molecule has 4 nitrogen and oxygen atoms in total. The van der Waals surface area contributed by atoms with Crippen molar-refractivity contribution in [3.63, 3.8) is 0 Å². The SMILES string of the molecule is COCCCNC(=O)CC(c1ccc(F)cc1F)c1c[nH]c2ccccc12. The van der Waals surface area contributed by atoms with E-state index in [1.165, 1.54) is 12.1 Å². The Labute approximate surface area is 156 Å². The number of methoxy groups -OCH3 is 1. The number of carbonyl (C=O) groups excluding carboxylic acids is 1. The Kier molecular flexibility index (Phi) is 6.19. The van der Waals surface area contributed by atoms with Crippen molar-refractivity contribution < 1.29 is 18.3 Å². The fraction of sp³-hybridized carbons (Fsp3) is 0.286. The number of benzene rings is 2. The number of ether oxygens (including phenoxy) is 1. The quantitative estimate of drug-likeness (QED) is 0.585. The standard InChI is InChI=1S/C21H22F2N2O2/c1-27-10-4-9-24-21(26)12-17(15-8-7-14(22)11-19(15)23)18-13-25-20-6-3-2-5-16(18)20/h2-3,5-8,11,13,17,25H,4,9-10,12H2,1H3,(H,24,26). The molecule has 142 valence electrons. The molecule has 0 radical (unpaired) electrons. The fourth-order valence-electron chi connectivity index (χ4n) is 3.26. The van der Waals surface area contributed by atoms with Crippen molar-refractivity contribution in [2.24, 2.45) is 0 Å². The molecule has 0 aliphatic rings. The van der Waals surface area contributed by atoms with Gasteiger partial charge in [0.1, 0.15) is 11.6 Å². The molecule has 0 spiro atoms. The molecule has 2 aromatic carbocycles. The largest absolute Gasteiger partial charge is 0.385 e. The number of hydrogen-bond acceptors (Lipinski definition) is 2. The monoisotopic (exact) mass is 372 g/mol. The van der Waals surface area contributed by atoms with Gasteiger partial charge in [-0.15, -0.1) is 0 Å². The maximum atomic E-state index is 14.5. The lowest BCUT2D eigenvalue weighted by atomic mass is 9.87. The molecule has 2 N–H and O–H groups in total. The van der Waals surface area contributed by atoms with E-state index in [1.807, 2.05) is 24.3 Å². The van der Waals surface area contributed by atoms with Crippen LogP contribution in [0.3, 0.4) is 0 Å². The van der Waals surface area contributed by atoms with Crippen molar-refractivity contribution in [1.29, 1.82) is 0 Å². The predicted molar refractivity (Wildman–Crippen MR) is 101 cm³/mol. The highest BCUT2D eigenvalue weighted by Crippen LogP contribution is 2.34. The summed E-state index contributed by atoms with van der Waals surface area (Å²) in [5, 5.41) is 3.75. The molecule has 0 aliphatic carbocycles. The highest BCUT2D eigenvalue weighted by Gasteiger charge is 2.24. The second-order valence-corrected chi connectivity index (χ2v) is 6.41. The van der Waals surface area contributed by atoms with E-state index >= 15 is 0 Å². The van der Waals surface area contributed by atoms with Crippen molar-refractivity contribution in [2.75, 3.05) is 20.3 Å². The zero-order valence-electron chi connectivity index (χ0n) is 15.1. The summed E-state index contributed by atoms with van der Waals surface area (Å²) in [7, 11) is 1.60. The zero-order valence-corrected chi connectivity index (χ0v) is 15.1. The van der Waals surface area contributed by atoms with E-state index in [-0.39, 0.29) is 12.3 Å². The van der Waals surface area contributed by atoms with Gasteiger partial charge < -0.3 is 15.0 Å². The molecule has 1 unspecified atom stereocenters. The molecule has 6 heteroatoms. The van der Waals surface area contributed by atoms with E-state index in [2.05, 4.69) is 10.3 Å². The van der Waals surface area contributed by atoms with E-state index in [0.29, 0.717) is 25.1 Å². The van der Waals surface area contributed by atoms with Gasteiger partial charge in [-0.2, -0.15) is 0 Å². The van der Waals surface area contributed by atoms with Gasteiger partial charge in [0.15, 0.2) is 0 Å². The number of amides is 1. The molecule has 1 aromatic heterocycles. The van der Waals surface area contributed by atoms with Crippen molar-refractivity contribution >= 4 is 16.8 Å². The van der Waals surface area contributed by atoms with E-state index in [1.54, 1.807) is 13.3 Å². The van der Waals surface area contributed by atoms with Gasteiger partial charge in [0, 0.05) is 55.8 Å². The number of hydrogen-bond donors (Lipinski definition) is 2. The Morgan fingerprint density at radius 1 is 1.19 bits per heavy atom. The molecule has 1 amide bonds. The number of halogens is 2. The molecule has 1 heterocycles. The molecular weight excluding hydrogens is 350 g/mol. The second kappa shape index (κ2) is 8.77. The Morgan fingerprint density at radius 3 is 2.78 bits per heavy atom. The van der Waals surface area contributed by atoms with Gasteiger partial charge in [-0.25, -0.2) is 8.78 Å². The third kappa shape index (κ3) is 4.52. The molecule has 0 saturated carbocycles. The molecule has 3 rings (SSSR count). The summed E-state index contributed by atoms with van der Waals surface area (Å²) in [4.78, 5) is 15.6. The smallest absolute Gasteiger partial charge is 0.220 e. The first-order chi connectivity index (χ1) is 13.1. The number of nitrogens with one attached hydrogen (secondary N) is 2. The lowest BCUT2D eigenvalue weighted by molar-refractivity contribution is -0.121. The second-order valence-electron chi connectivity index (χ2n) is 6.41. The number of carbonyl (C=O) groups is 1. The average molecular weight is 372 g/mol. The number of aromatic nitrogens is 1. The van der Waals surface area contributed by atoms with E-state index in [9.17, 15) is 13.6 Å². The molecule has 0 aliphatic heterocycles. The minimum absolute atomic E-state index is 0.0668. The van der Waals surface area contributed by atoms with Crippen LogP contribution in [0.2, 0.25) is 0 Å². The van der Waals surface area contributed by atoms with Crippen LogP contribution in [-0.4, -0.2) is 31.2 Å². The summed E-state index contributed by atoms with van der Waals surface area (Å²) >= 11 is 0. The minimum atomic E-state index is -0.655. The lowest BCUT2D eigenvalue weighted by Crippen LogP contribution is -2.27. The number of fused-ring (bicyclic) bond motifs is 1. The van der Waals surface area contributed by atoms with Crippen LogP contribution in [0.25, 0.3) is 10.9 Å². The molecule has 0 saturated heterocycles. The Morgan fingerprint density at radius 2 is 2.00 bits per heavy atom. The van der Waals surface area contributed by atoms with Gasteiger partial charge in [0.2, 0.25) is 5.91 Å². The van der Waals surface area contributed by atoms with Crippen molar-refractivity contribution in [3.8, 4) is 0 Å². The summed E-state index contributed by atoms with van der Waals surface area (Å²) in [6, 6.07) is 11.1. The van der Waals surface area contributed by atoms with Crippen LogP contribution >= 0.6 is 0 Å². The fourth-order valence-corrected chi connectivity index (χ4v) is 3.26. The van der Waals surface area contributed by atoms with Gasteiger partial charge in [0.05, 0.1) is 0 Å². The van der Waals surface area contributed by atoms with Gasteiger partial charge >= 0.3 is 0 Å². The molecular formula is C21H22F2N2O2. The summed E-state index contributed by atoms with van der Waals surface area (Å²) in [5.74, 6) is -2.01. The van der Waals surface area contributed by atoms with E-state index < -0.39 is 17.6 Å². The average Bonchev–Trinajstić information content (AvgIpc) is 3.08. The molecule has 1 atom stereocenters. The minimum Gasteiger partial charge on any atom is -0.385 e. The maximum absolute atomic E-state index is 14.5. The number of H-pyrrole nitrogens is 1. The highest BCUT2D eigenvalue weighted by atomic mass is 19.1. The Balaban J connectivity index is 1.91. The van der Waals surface area contributed by atoms with Crippen LogP contribution in [0.15, 0.2) is 48.7 Å². The van der Waals surface area contributed by atoms with Crippen LogP contribution in [0.4, 0.5) is 8.78 Å². The van der Waals surface area contributed by atoms with Crippen LogP contribution in [0.5, 0.6) is 0 Å². The first kappa shape index (κ1) is 19.0. The first-order valence-corrected chi connectivity index (χ1v) is 8.86. The number of rotatable bonds is 8. The number of para-hydroxylation sites is 1. The third-order valence-corrected chi connectivity index (χ3v) is 4.57. The Bertz CT molecular complexity index is 923. The summed E-state index contributed by atoms with van der Waals surface area (Å²) in [5.41, 5.74) is 2.01. The molecule has 27 heavy (non-hydrogen) atoms. The predicted octanol–water partition coefficient (Wildman–Crippen LogP) is 4.12. The van der Waals surface area contributed by atoms with Gasteiger partial charge in [-0.1, -0.05) is 24.3 Å². The van der Waals surface area contributed by atoms with E-state index in [0.717, 1.165) is 22.5 Å². The third-order valence-electron chi connectivity index (χ3n) is 4.57. The van der Waals surface area contributed by atoms with E-state index in [4.69, 9.17) is 4.74 Å². The zero-order chi connectivity index (χ0) is 19.2. The summed E-state index contributed by atoms with van der Waals surface area (Å²) in [6.07, 6.45) is 2.55. The van der Waals surface area contributed by atoms with Crippen molar-refractivity contribution in [3.05, 3.63) is 71.4 Å². The Hall–Kier alpha value is -2.73. The van der Waals surface area contributed by atoms with Crippen molar-refractivity contribution in [1.82, 2.24) is 10.3 Å². The van der Waals surface area contributed by atoms with Crippen LogP contribution in [0.1, 0.15) is 29.9 Å². The van der Waals surface area contributed by atoms with Gasteiger partial charge in [0.25, 0.3) is 0 Å². The molecule has 3 aromatic rings. The first-order valence-electron chi connectivity index (χ1n) is 8.86. The van der Waals surface area contributed by atoms with Gasteiger partial charge in [-0.3, -0.25) is 4.79 Å².